The first-order chi connectivity index (χ1) is 7.71. The number of hydrogen-bond acceptors (Lipinski definition) is 5. The quantitative estimate of drug-likeness (QED) is 0.831. The number of carboxylic acid groups (broad SMARTS) is 1. The zero-order valence-corrected chi connectivity index (χ0v) is 10.2. The second kappa shape index (κ2) is 5.13. The summed E-state index contributed by atoms with van der Waals surface area (Å²) in [6.07, 6.45) is -4.75. The third-order valence-electron chi connectivity index (χ3n) is 1.84. The number of aliphatic carboxylic acids is 1. The lowest BCUT2D eigenvalue weighted by Gasteiger charge is -2.14. The molecule has 0 aliphatic carbocycles. The predicted molar refractivity (Wildman–Crippen MR) is 59.2 cm³/mol. The van der Waals surface area contributed by atoms with Crippen molar-refractivity contribution in [3.05, 3.63) is 5.69 Å². The van der Waals surface area contributed by atoms with Crippen LogP contribution in [0.4, 0.5) is 18.3 Å². The number of aryl methyl sites for hydroxylation is 1. The molecule has 9 heteroatoms. The van der Waals surface area contributed by atoms with Crippen LogP contribution in [0.3, 0.4) is 0 Å². The van der Waals surface area contributed by atoms with Crippen LogP contribution in [0.5, 0.6) is 0 Å². The second-order valence-corrected chi connectivity index (χ2v) is 5.49. The van der Waals surface area contributed by atoms with E-state index in [4.69, 9.17) is 10.8 Å². The number of alkyl halides is 3. The van der Waals surface area contributed by atoms with E-state index in [1.165, 1.54) is 0 Å². The summed E-state index contributed by atoms with van der Waals surface area (Å²) in [7, 11) is 0. The van der Waals surface area contributed by atoms with Gasteiger partial charge in [0.1, 0.15) is 0 Å². The minimum atomic E-state index is -4.75. The standard InChI is InChI=1S/C8H9F3N2O2S2/c1-3-6(17-7(12)13-3)16-2-4(5(14)15)8(9,10)11/h4H,2H2,1H3,(H2,12,13)(H,14,15). The van der Waals surface area contributed by atoms with Gasteiger partial charge in [-0.15, -0.1) is 11.8 Å². The molecule has 1 heterocycles. The molecular formula is C8H9F3N2O2S2. The number of thioether (sulfide) groups is 1. The molecular weight excluding hydrogens is 277 g/mol. The van der Waals surface area contributed by atoms with E-state index < -0.39 is 23.8 Å². The van der Waals surface area contributed by atoms with Crippen molar-refractivity contribution in [3.8, 4) is 0 Å². The molecule has 0 aliphatic rings. The normalized spacial score (nSPS) is 13.6. The smallest absolute Gasteiger partial charge is 0.403 e. The summed E-state index contributed by atoms with van der Waals surface area (Å²) >= 11 is 1.85. The molecule has 0 saturated heterocycles. The average Bonchev–Trinajstić information content (AvgIpc) is 2.42. The lowest BCUT2D eigenvalue weighted by Crippen LogP contribution is -2.32. The van der Waals surface area contributed by atoms with Crippen LogP contribution in [0.2, 0.25) is 0 Å². The zero-order valence-electron chi connectivity index (χ0n) is 8.61. The predicted octanol–water partition coefficient (Wildman–Crippen LogP) is 2.39. The lowest BCUT2D eigenvalue weighted by atomic mass is 10.2. The summed E-state index contributed by atoms with van der Waals surface area (Å²) in [4.78, 5) is 14.3. The van der Waals surface area contributed by atoms with Crippen molar-refractivity contribution in [1.29, 1.82) is 0 Å². The van der Waals surface area contributed by atoms with Gasteiger partial charge in [-0.3, -0.25) is 4.79 Å². The fourth-order valence-electron chi connectivity index (χ4n) is 1.00. The molecule has 4 nitrogen and oxygen atoms in total. The van der Waals surface area contributed by atoms with E-state index in [-0.39, 0.29) is 5.13 Å². The summed E-state index contributed by atoms with van der Waals surface area (Å²) < 4.78 is 37.6. The molecule has 0 saturated carbocycles. The van der Waals surface area contributed by atoms with Gasteiger partial charge in [-0.05, 0) is 6.92 Å². The SMILES string of the molecule is Cc1nc(N)sc1SCC(C(=O)O)C(F)(F)F. The molecule has 0 amide bonds. The van der Waals surface area contributed by atoms with Gasteiger partial charge in [0.15, 0.2) is 11.0 Å². The first kappa shape index (κ1) is 14.1. The number of thiazole rings is 1. The highest BCUT2D eigenvalue weighted by molar-refractivity contribution is 8.01. The number of carboxylic acids is 1. The molecule has 0 aliphatic heterocycles. The van der Waals surface area contributed by atoms with Crippen LogP contribution in [0.25, 0.3) is 0 Å². The number of rotatable bonds is 4. The van der Waals surface area contributed by atoms with E-state index in [1.54, 1.807) is 6.92 Å². The highest BCUT2D eigenvalue weighted by Crippen LogP contribution is 2.36. The lowest BCUT2D eigenvalue weighted by molar-refractivity contribution is -0.188. The Morgan fingerprint density at radius 1 is 1.65 bits per heavy atom. The molecule has 1 aromatic heterocycles. The van der Waals surface area contributed by atoms with Gasteiger partial charge in [-0.25, -0.2) is 4.98 Å². The Morgan fingerprint density at radius 3 is 2.59 bits per heavy atom. The Labute approximate surface area is 103 Å². The number of nitrogen functional groups attached to an aromatic ring is 1. The monoisotopic (exact) mass is 286 g/mol. The van der Waals surface area contributed by atoms with Gasteiger partial charge < -0.3 is 10.8 Å². The number of halogens is 3. The highest BCUT2D eigenvalue weighted by atomic mass is 32.2. The maximum Gasteiger partial charge on any atom is 0.403 e. The number of anilines is 1. The first-order valence-electron chi connectivity index (χ1n) is 4.37. The number of aromatic nitrogens is 1. The van der Waals surface area contributed by atoms with Gasteiger partial charge >= 0.3 is 12.1 Å². The van der Waals surface area contributed by atoms with Crippen molar-refractivity contribution >= 4 is 34.2 Å². The number of nitrogens with zero attached hydrogens (tertiary/aromatic N) is 1. The van der Waals surface area contributed by atoms with Gasteiger partial charge in [-0.2, -0.15) is 13.2 Å². The van der Waals surface area contributed by atoms with Crippen LogP contribution in [-0.4, -0.2) is 28.0 Å². The van der Waals surface area contributed by atoms with Gasteiger partial charge in [-0.1, -0.05) is 11.3 Å². The van der Waals surface area contributed by atoms with Crippen LogP contribution in [0, 0.1) is 12.8 Å². The van der Waals surface area contributed by atoms with E-state index in [1.807, 2.05) is 0 Å². The van der Waals surface area contributed by atoms with Crippen molar-refractivity contribution in [2.75, 3.05) is 11.5 Å². The van der Waals surface area contributed by atoms with E-state index >= 15 is 0 Å². The molecule has 3 N–H and O–H groups in total. The summed E-state index contributed by atoms with van der Waals surface area (Å²) in [5.74, 6) is -4.84. The van der Waals surface area contributed by atoms with Crippen molar-refractivity contribution in [3.63, 3.8) is 0 Å². The Kier molecular flexibility index (Phi) is 4.26. The van der Waals surface area contributed by atoms with Gasteiger partial charge in [0.05, 0.1) is 9.90 Å². The molecule has 1 aromatic rings. The van der Waals surface area contributed by atoms with Crippen molar-refractivity contribution in [1.82, 2.24) is 4.98 Å². The fourth-order valence-corrected chi connectivity index (χ4v) is 3.17. The van der Waals surface area contributed by atoms with Gasteiger partial charge in [0.25, 0.3) is 0 Å². The van der Waals surface area contributed by atoms with Crippen molar-refractivity contribution in [2.45, 2.75) is 17.3 Å². The van der Waals surface area contributed by atoms with Crippen LogP contribution in [0.15, 0.2) is 4.21 Å². The third-order valence-corrected chi connectivity index (χ3v) is 4.29. The summed E-state index contributed by atoms with van der Waals surface area (Å²) in [5, 5.41) is 8.74. The number of nitrogens with two attached hydrogens (primary N) is 1. The largest absolute Gasteiger partial charge is 0.481 e. The molecule has 0 radical (unpaired) electrons. The third kappa shape index (κ3) is 3.77. The van der Waals surface area contributed by atoms with Gasteiger partial charge in [0, 0.05) is 5.75 Å². The Bertz CT molecular complexity index is 419. The molecule has 0 spiro atoms. The van der Waals surface area contributed by atoms with Crippen LogP contribution in [-0.2, 0) is 4.79 Å². The molecule has 0 aromatic carbocycles. The van der Waals surface area contributed by atoms with Gasteiger partial charge in [0.2, 0.25) is 0 Å². The first-order valence-corrected chi connectivity index (χ1v) is 6.17. The maximum atomic E-state index is 12.3. The molecule has 17 heavy (non-hydrogen) atoms. The summed E-state index contributed by atoms with van der Waals surface area (Å²) in [5.41, 5.74) is 5.90. The van der Waals surface area contributed by atoms with E-state index in [9.17, 15) is 18.0 Å². The minimum absolute atomic E-state index is 0.254. The van der Waals surface area contributed by atoms with E-state index in [0.29, 0.717) is 9.90 Å². The van der Waals surface area contributed by atoms with Crippen LogP contribution in [0.1, 0.15) is 5.69 Å². The average molecular weight is 286 g/mol. The molecule has 1 rings (SSSR count). The molecule has 96 valence electrons. The van der Waals surface area contributed by atoms with Crippen molar-refractivity contribution < 1.29 is 23.1 Å². The molecule has 0 bridgehead atoms. The molecule has 1 unspecified atom stereocenters. The molecule has 0 fully saturated rings. The topological polar surface area (TPSA) is 76.2 Å². The summed E-state index contributed by atoms with van der Waals surface area (Å²) in [6.45, 7) is 1.61. The minimum Gasteiger partial charge on any atom is -0.481 e. The fraction of sp³-hybridized carbons (Fsp3) is 0.500. The number of carbonyl (C=O) groups is 1. The van der Waals surface area contributed by atoms with Crippen LogP contribution < -0.4 is 5.73 Å². The summed E-state index contributed by atoms with van der Waals surface area (Å²) in [6, 6.07) is 0. The highest BCUT2D eigenvalue weighted by Gasteiger charge is 2.45. The second-order valence-electron chi connectivity index (χ2n) is 3.17. The van der Waals surface area contributed by atoms with Crippen molar-refractivity contribution in [2.24, 2.45) is 5.92 Å². The van der Waals surface area contributed by atoms with E-state index in [0.717, 1.165) is 23.1 Å². The Morgan fingerprint density at radius 2 is 2.24 bits per heavy atom. The zero-order chi connectivity index (χ0) is 13.2. The van der Waals surface area contributed by atoms with Crippen LogP contribution >= 0.6 is 23.1 Å². The Hall–Kier alpha value is -0.960. The maximum absolute atomic E-state index is 12.3. The number of hydrogen-bond donors (Lipinski definition) is 2. The Balaban J connectivity index is 2.71. The van der Waals surface area contributed by atoms with E-state index in [2.05, 4.69) is 4.98 Å². The molecule has 1 atom stereocenters.